The van der Waals surface area contributed by atoms with Crippen LogP contribution in [0.15, 0.2) is 53.4 Å². The fourth-order valence-corrected chi connectivity index (χ4v) is 4.27. The van der Waals surface area contributed by atoms with Gasteiger partial charge in [-0.3, -0.25) is 14.5 Å². The first-order chi connectivity index (χ1) is 14.7. The Kier molecular flexibility index (Phi) is 7.61. The number of para-hydroxylation sites is 1. The van der Waals surface area contributed by atoms with Crippen molar-refractivity contribution >= 4 is 29.3 Å². The molecule has 3 rings (SSSR count). The first-order valence-corrected chi connectivity index (χ1v) is 10.9. The van der Waals surface area contributed by atoms with Gasteiger partial charge >= 0.3 is 6.18 Å². The van der Waals surface area contributed by atoms with Crippen LogP contribution in [-0.4, -0.2) is 60.1 Å². The van der Waals surface area contributed by atoms with Crippen molar-refractivity contribution in [2.24, 2.45) is 0 Å². The number of hydrogen-bond donors (Lipinski definition) is 1. The molecular formula is C22H24F3N3O2S. The first-order valence-electron chi connectivity index (χ1n) is 9.88. The van der Waals surface area contributed by atoms with Gasteiger partial charge in [0.1, 0.15) is 0 Å². The average Bonchev–Trinajstić information content (AvgIpc) is 2.73. The summed E-state index contributed by atoms with van der Waals surface area (Å²) in [5.41, 5.74) is 0.00944. The van der Waals surface area contributed by atoms with E-state index in [1.165, 1.54) is 30.0 Å². The normalized spacial score (nSPS) is 15.0. The minimum absolute atomic E-state index is 0.0216. The van der Waals surface area contributed by atoms with Gasteiger partial charge in [-0.25, -0.2) is 0 Å². The molecule has 1 saturated heterocycles. The van der Waals surface area contributed by atoms with E-state index in [4.69, 9.17) is 0 Å². The third-order valence-corrected chi connectivity index (χ3v) is 6.20. The molecule has 0 atom stereocenters. The molecule has 1 heterocycles. The predicted octanol–water partition coefficient (Wildman–Crippen LogP) is 3.89. The van der Waals surface area contributed by atoms with Crippen molar-refractivity contribution in [2.45, 2.75) is 18.0 Å². The highest BCUT2D eigenvalue weighted by atomic mass is 32.2. The number of amides is 2. The topological polar surface area (TPSA) is 52.7 Å². The summed E-state index contributed by atoms with van der Waals surface area (Å²) in [6.45, 7) is 3.94. The smallest absolute Gasteiger partial charge is 0.339 e. The van der Waals surface area contributed by atoms with Gasteiger partial charge in [0, 0.05) is 31.1 Å². The lowest BCUT2D eigenvalue weighted by Crippen LogP contribution is -2.50. The Bertz CT molecular complexity index is 928. The number of thioether (sulfide) groups is 1. The molecule has 0 unspecified atom stereocenters. The lowest BCUT2D eigenvalue weighted by Gasteiger charge is -2.34. The molecule has 0 aromatic heterocycles. The van der Waals surface area contributed by atoms with Crippen LogP contribution in [0.5, 0.6) is 0 Å². The van der Waals surface area contributed by atoms with E-state index in [9.17, 15) is 22.8 Å². The number of rotatable bonds is 6. The number of nitrogens with zero attached hydrogens (tertiary/aromatic N) is 2. The second kappa shape index (κ2) is 10.2. The fourth-order valence-electron chi connectivity index (χ4n) is 3.34. The summed E-state index contributed by atoms with van der Waals surface area (Å²) in [5.74, 6) is -0.123. The summed E-state index contributed by atoms with van der Waals surface area (Å²) in [6, 6.07) is 12.8. The lowest BCUT2D eigenvalue weighted by atomic mass is 10.1. The summed E-state index contributed by atoms with van der Waals surface area (Å²) < 4.78 is 39.2. The van der Waals surface area contributed by atoms with Gasteiger partial charge in [0.05, 0.1) is 23.5 Å². The zero-order chi connectivity index (χ0) is 22.4. The highest BCUT2D eigenvalue weighted by Crippen LogP contribution is 2.34. The zero-order valence-electron chi connectivity index (χ0n) is 17.1. The van der Waals surface area contributed by atoms with Crippen LogP contribution in [0.2, 0.25) is 0 Å². The third-order valence-electron chi connectivity index (χ3n) is 5.04. The predicted molar refractivity (Wildman–Crippen MR) is 115 cm³/mol. The van der Waals surface area contributed by atoms with E-state index < -0.39 is 17.6 Å². The van der Waals surface area contributed by atoms with Gasteiger partial charge in [-0.1, -0.05) is 30.3 Å². The Morgan fingerprint density at radius 3 is 2.32 bits per heavy atom. The number of benzene rings is 2. The molecule has 2 aromatic rings. The second-order valence-corrected chi connectivity index (χ2v) is 8.32. The van der Waals surface area contributed by atoms with Crippen molar-refractivity contribution in [1.82, 2.24) is 9.80 Å². The number of anilines is 1. The van der Waals surface area contributed by atoms with Crippen LogP contribution < -0.4 is 5.32 Å². The average molecular weight is 452 g/mol. The van der Waals surface area contributed by atoms with Crippen LogP contribution in [0.4, 0.5) is 18.9 Å². The first kappa shape index (κ1) is 23.1. The maximum atomic E-state index is 13.1. The minimum Gasteiger partial charge on any atom is -0.339 e. The van der Waals surface area contributed by atoms with Gasteiger partial charge in [0.15, 0.2) is 0 Å². The van der Waals surface area contributed by atoms with E-state index in [2.05, 4.69) is 5.32 Å². The fraction of sp³-hybridized carbons (Fsp3) is 0.364. The molecule has 0 radical (unpaired) electrons. The van der Waals surface area contributed by atoms with Gasteiger partial charge in [0.25, 0.3) is 0 Å². The molecule has 2 aromatic carbocycles. The number of halogens is 3. The molecule has 1 N–H and O–H groups in total. The summed E-state index contributed by atoms with van der Waals surface area (Å²) in [5, 5.41) is 2.36. The molecule has 0 bridgehead atoms. The maximum absolute atomic E-state index is 13.1. The quantitative estimate of drug-likeness (QED) is 0.678. The van der Waals surface area contributed by atoms with Crippen molar-refractivity contribution < 1.29 is 22.8 Å². The molecule has 31 heavy (non-hydrogen) atoms. The molecule has 0 saturated carbocycles. The number of nitrogens with one attached hydrogen (secondary N) is 1. The standard InChI is InChI=1S/C22H24F3N3O2S/c1-16-6-2-5-9-19(16)31-15-21(30)28-12-10-27(11-13-28)14-20(29)26-18-8-4-3-7-17(18)22(23,24)25/h2-9H,10-15H2,1H3,(H,26,29). The van der Waals surface area contributed by atoms with Gasteiger partial charge in [0.2, 0.25) is 11.8 Å². The Morgan fingerprint density at radius 1 is 1.00 bits per heavy atom. The van der Waals surface area contributed by atoms with E-state index in [1.807, 2.05) is 36.1 Å². The van der Waals surface area contributed by atoms with Gasteiger partial charge in [-0.05, 0) is 30.7 Å². The molecule has 1 fully saturated rings. The highest BCUT2D eigenvalue weighted by Gasteiger charge is 2.33. The molecule has 5 nitrogen and oxygen atoms in total. The van der Waals surface area contributed by atoms with Crippen molar-refractivity contribution in [1.29, 1.82) is 0 Å². The Morgan fingerprint density at radius 2 is 1.65 bits per heavy atom. The van der Waals surface area contributed by atoms with Gasteiger partial charge < -0.3 is 10.2 Å². The van der Waals surface area contributed by atoms with Gasteiger partial charge in [-0.15, -0.1) is 11.8 Å². The number of aryl methyl sites for hydroxylation is 1. The monoisotopic (exact) mass is 451 g/mol. The summed E-state index contributed by atoms with van der Waals surface area (Å²) >= 11 is 1.50. The van der Waals surface area contributed by atoms with E-state index in [0.717, 1.165) is 16.5 Å². The van der Waals surface area contributed by atoms with Crippen molar-refractivity contribution in [2.75, 3.05) is 43.8 Å². The van der Waals surface area contributed by atoms with E-state index in [1.54, 1.807) is 4.90 Å². The van der Waals surface area contributed by atoms with Gasteiger partial charge in [-0.2, -0.15) is 13.2 Å². The zero-order valence-corrected chi connectivity index (χ0v) is 17.9. The number of hydrogen-bond acceptors (Lipinski definition) is 4. The molecule has 1 aliphatic rings. The number of carbonyl (C=O) groups is 2. The minimum atomic E-state index is -4.54. The third kappa shape index (κ3) is 6.48. The molecule has 1 aliphatic heterocycles. The number of alkyl halides is 3. The van der Waals surface area contributed by atoms with Crippen molar-refractivity contribution in [3.05, 3.63) is 59.7 Å². The lowest BCUT2D eigenvalue weighted by molar-refractivity contribution is -0.137. The van der Waals surface area contributed by atoms with Crippen LogP contribution >= 0.6 is 11.8 Å². The maximum Gasteiger partial charge on any atom is 0.418 e. The van der Waals surface area contributed by atoms with Crippen LogP contribution in [-0.2, 0) is 15.8 Å². The molecule has 2 amide bonds. The SMILES string of the molecule is Cc1ccccc1SCC(=O)N1CCN(CC(=O)Nc2ccccc2C(F)(F)F)CC1. The van der Waals surface area contributed by atoms with E-state index >= 15 is 0 Å². The molecule has 0 spiro atoms. The van der Waals surface area contributed by atoms with Crippen LogP contribution in [0.25, 0.3) is 0 Å². The molecule has 166 valence electrons. The second-order valence-electron chi connectivity index (χ2n) is 7.30. The highest BCUT2D eigenvalue weighted by molar-refractivity contribution is 8.00. The molecule has 9 heteroatoms. The van der Waals surface area contributed by atoms with Crippen LogP contribution in [0, 0.1) is 6.92 Å². The van der Waals surface area contributed by atoms with Crippen LogP contribution in [0.1, 0.15) is 11.1 Å². The van der Waals surface area contributed by atoms with E-state index in [0.29, 0.717) is 31.9 Å². The Balaban J connectivity index is 1.45. The van der Waals surface area contributed by atoms with Crippen LogP contribution in [0.3, 0.4) is 0 Å². The molecule has 0 aliphatic carbocycles. The Hall–Kier alpha value is -2.52. The van der Waals surface area contributed by atoms with Crippen molar-refractivity contribution in [3.63, 3.8) is 0 Å². The largest absolute Gasteiger partial charge is 0.418 e. The Labute approximate surface area is 183 Å². The summed E-state index contributed by atoms with van der Waals surface area (Å²) in [7, 11) is 0. The number of carbonyl (C=O) groups excluding carboxylic acids is 2. The number of piperazine rings is 1. The van der Waals surface area contributed by atoms with E-state index in [-0.39, 0.29) is 18.1 Å². The van der Waals surface area contributed by atoms with Crippen molar-refractivity contribution in [3.8, 4) is 0 Å². The molecular weight excluding hydrogens is 427 g/mol. The summed E-state index contributed by atoms with van der Waals surface area (Å²) in [4.78, 5) is 29.4. The summed E-state index contributed by atoms with van der Waals surface area (Å²) in [6.07, 6.45) is -4.54.